The molecule has 3 aliphatic rings. The lowest BCUT2D eigenvalue weighted by Crippen LogP contribution is -2.55. The summed E-state index contributed by atoms with van der Waals surface area (Å²) in [5.74, 6) is -0.103. The van der Waals surface area contributed by atoms with Crippen LogP contribution in [0.25, 0.3) is 0 Å². The number of morpholine rings is 1. The van der Waals surface area contributed by atoms with Crippen molar-refractivity contribution < 1.29 is 14.3 Å². The van der Waals surface area contributed by atoms with Crippen LogP contribution in [-0.2, 0) is 20.9 Å². The third-order valence-electron chi connectivity index (χ3n) is 7.04. The van der Waals surface area contributed by atoms with Crippen molar-refractivity contribution in [3.05, 3.63) is 65.7 Å². The molecule has 33 heavy (non-hydrogen) atoms. The molecule has 6 nitrogen and oxygen atoms in total. The zero-order chi connectivity index (χ0) is 22.8. The lowest BCUT2D eigenvalue weighted by atomic mass is 9.96. The van der Waals surface area contributed by atoms with E-state index in [0.29, 0.717) is 6.54 Å². The van der Waals surface area contributed by atoms with E-state index in [1.807, 2.05) is 42.3 Å². The maximum Gasteiger partial charge on any atom is 0.254 e. The minimum Gasteiger partial charge on any atom is -0.372 e. The van der Waals surface area contributed by atoms with Gasteiger partial charge in [-0.1, -0.05) is 42.5 Å². The number of hydrogen-bond acceptors (Lipinski definition) is 4. The molecule has 2 aliphatic heterocycles. The van der Waals surface area contributed by atoms with E-state index in [-0.39, 0.29) is 30.5 Å². The Morgan fingerprint density at radius 2 is 1.70 bits per heavy atom. The van der Waals surface area contributed by atoms with Gasteiger partial charge < -0.3 is 19.4 Å². The molecule has 3 fully saturated rings. The summed E-state index contributed by atoms with van der Waals surface area (Å²) in [6.45, 7) is 2.72. The largest absolute Gasteiger partial charge is 0.372 e. The summed E-state index contributed by atoms with van der Waals surface area (Å²) < 4.78 is 5.90. The van der Waals surface area contributed by atoms with Crippen molar-refractivity contribution in [1.29, 1.82) is 0 Å². The van der Waals surface area contributed by atoms with Gasteiger partial charge in [0, 0.05) is 38.4 Å². The molecular formula is C27H33N3O3. The van der Waals surface area contributed by atoms with Crippen molar-refractivity contribution in [3.8, 4) is 0 Å². The van der Waals surface area contributed by atoms with Crippen LogP contribution in [-0.4, -0.2) is 60.5 Å². The highest BCUT2D eigenvalue weighted by atomic mass is 16.5. The first-order valence-electron chi connectivity index (χ1n) is 12.2. The predicted octanol–water partition coefficient (Wildman–Crippen LogP) is 3.77. The van der Waals surface area contributed by atoms with Gasteiger partial charge in [0.15, 0.2) is 6.10 Å². The second kappa shape index (κ2) is 9.56. The predicted molar refractivity (Wildman–Crippen MR) is 128 cm³/mol. The van der Waals surface area contributed by atoms with Crippen molar-refractivity contribution in [2.75, 3.05) is 31.6 Å². The van der Waals surface area contributed by atoms with Crippen LogP contribution >= 0.6 is 0 Å². The molecule has 6 heteroatoms. The summed E-state index contributed by atoms with van der Waals surface area (Å²) in [5.41, 5.74) is 3.30. The summed E-state index contributed by atoms with van der Waals surface area (Å²) in [7, 11) is 1.82. The summed E-state index contributed by atoms with van der Waals surface area (Å²) in [4.78, 5) is 32.3. The van der Waals surface area contributed by atoms with Gasteiger partial charge in [-0.3, -0.25) is 9.59 Å². The fourth-order valence-corrected chi connectivity index (χ4v) is 5.14. The zero-order valence-corrected chi connectivity index (χ0v) is 19.4. The molecule has 2 aromatic rings. The van der Waals surface area contributed by atoms with E-state index >= 15 is 0 Å². The molecule has 1 saturated carbocycles. The monoisotopic (exact) mass is 447 g/mol. The van der Waals surface area contributed by atoms with Gasteiger partial charge in [0.2, 0.25) is 5.91 Å². The smallest absolute Gasteiger partial charge is 0.254 e. The maximum atomic E-state index is 13.6. The Hall–Kier alpha value is -2.86. The number of rotatable bonds is 6. The summed E-state index contributed by atoms with van der Waals surface area (Å²) in [6.07, 6.45) is 5.12. The van der Waals surface area contributed by atoms with Gasteiger partial charge in [0.25, 0.3) is 5.91 Å². The van der Waals surface area contributed by atoms with Gasteiger partial charge in [-0.25, -0.2) is 0 Å². The highest BCUT2D eigenvalue weighted by Crippen LogP contribution is 2.40. The second-order valence-electron chi connectivity index (χ2n) is 9.53. The van der Waals surface area contributed by atoms with Gasteiger partial charge in [-0.15, -0.1) is 0 Å². The molecule has 5 rings (SSSR count). The number of hydrogen-bond donors (Lipinski definition) is 0. The molecule has 2 saturated heterocycles. The quantitative estimate of drug-likeness (QED) is 0.677. The molecule has 0 unspecified atom stereocenters. The van der Waals surface area contributed by atoms with E-state index in [0.717, 1.165) is 37.1 Å². The average Bonchev–Trinajstić information content (AvgIpc) is 3.70. The Bertz CT molecular complexity index is 968. The molecule has 2 atom stereocenters. The van der Waals surface area contributed by atoms with Crippen LogP contribution in [0.1, 0.15) is 49.3 Å². The van der Waals surface area contributed by atoms with Crippen LogP contribution in [0.2, 0.25) is 0 Å². The van der Waals surface area contributed by atoms with Gasteiger partial charge in [-0.2, -0.15) is 0 Å². The average molecular weight is 448 g/mol. The minimum absolute atomic E-state index is 0.0219. The number of nitrogens with zero attached hydrogens (tertiary/aromatic N) is 3. The summed E-state index contributed by atoms with van der Waals surface area (Å²) in [5, 5.41) is 0. The van der Waals surface area contributed by atoms with Crippen molar-refractivity contribution in [3.63, 3.8) is 0 Å². The minimum atomic E-state index is -0.691. The van der Waals surface area contributed by atoms with Gasteiger partial charge in [0.1, 0.15) is 6.61 Å². The van der Waals surface area contributed by atoms with Gasteiger partial charge in [-0.05, 0) is 55.4 Å². The van der Waals surface area contributed by atoms with Crippen molar-refractivity contribution in [1.82, 2.24) is 9.80 Å². The van der Waals surface area contributed by atoms with Crippen molar-refractivity contribution >= 4 is 17.5 Å². The lowest BCUT2D eigenvalue weighted by molar-refractivity contribution is -0.170. The molecule has 2 aromatic carbocycles. The number of benzene rings is 2. The van der Waals surface area contributed by atoms with Crippen LogP contribution < -0.4 is 4.90 Å². The number of likely N-dealkylation sites (N-methyl/N-ethyl adjacent to an activating group) is 1. The zero-order valence-electron chi connectivity index (χ0n) is 19.4. The Morgan fingerprint density at radius 1 is 1.00 bits per heavy atom. The number of piperidine rings is 1. The third kappa shape index (κ3) is 4.76. The van der Waals surface area contributed by atoms with E-state index in [2.05, 4.69) is 29.2 Å². The molecule has 0 spiro atoms. The molecular weight excluding hydrogens is 414 g/mol. The van der Waals surface area contributed by atoms with Crippen LogP contribution in [0, 0.1) is 0 Å². The van der Waals surface area contributed by atoms with Crippen molar-refractivity contribution in [2.24, 2.45) is 0 Å². The Balaban J connectivity index is 1.31. The molecule has 0 N–H and O–H groups in total. The molecule has 2 amide bonds. The molecule has 2 heterocycles. The second-order valence-corrected chi connectivity index (χ2v) is 9.53. The first-order chi connectivity index (χ1) is 16.1. The summed E-state index contributed by atoms with van der Waals surface area (Å²) in [6, 6.07) is 18.2. The lowest BCUT2D eigenvalue weighted by Gasteiger charge is -2.42. The number of anilines is 1. The van der Waals surface area contributed by atoms with Crippen molar-refractivity contribution in [2.45, 2.75) is 56.8 Å². The Kier molecular flexibility index (Phi) is 6.36. The van der Waals surface area contributed by atoms with E-state index in [1.165, 1.54) is 24.9 Å². The van der Waals surface area contributed by atoms with Gasteiger partial charge >= 0.3 is 0 Å². The molecule has 0 bridgehead atoms. The number of ether oxygens (including phenoxy) is 1. The molecule has 1 aliphatic carbocycles. The maximum absolute atomic E-state index is 13.6. The van der Waals surface area contributed by atoms with E-state index in [1.54, 1.807) is 4.90 Å². The third-order valence-corrected chi connectivity index (χ3v) is 7.04. The van der Waals surface area contributed by atoms with Crippen LogP contribution in [0.3, 0.4) is 0 Å². The Labute approximate surface area is 196 Å². The number of carbonyl (C=O) groups is 2. The fourth-order valence-electron chi connectivity index (χ4n) is 5.14. The molecule has 0 aromatic heterocycles. The summed E-state index contributed by atoms with van der Waals surface area (Å²) >= 11 is 0. The van der Waals surface area contributed by atoms with E-state index in [9.17, 15) is 9.59 Å². The normalized spacial score (nSPS) is 23.5. The first kappa shape index (κ1) is 22.0. The van der Waals surface area contributed by atoms with Crippen LogP contribution in [0.4, 0.5) is 5.69 Å². The molecule has 0 radical (unpaired) electrons. The SMILES string of the molecule is CN(Cc1ccc(N2CCCCC2)cc1)C(=O)[C@@H]1OCC(=O)N(C2CC2)[C@H]1c1ccccc1. The van der Waals surface area contributed by atoms with E-state index in [4.69, 9.17) is 4.74 Å². The Morgan fingerprint density at radius 3 is 2.36 bits per heavy atom. The topological polar surface area (TPSA) is 53.1 Å². The van der Waals surface area contributed by atoms with Crippen LogP contribution in [0.15, 0.2) is 54.6 Å². The van der Waals surface area contributed by atoms with Gasteiger partial charge in [0.05, 0.1) is 6.04 Å². The highest BCUT2D eigenvalue weighted by molar-refractivity contribution is 5.86. The first-order valence-corrected chi connectivity index (χ1v) is 12.2. The fraction of sp³-hybridized carbons (Fsp3) is 0.481. The highest BCUT2D eigenvalue weighted by Gasteiger charge is 2.48. The van der Waals surface area contributed by atoms with Crippen LogP contribution in [0.5, 0.6) is 0 Å². The standard InChI is InChI=1S/C27H33N3O3/c1-28(18-20-10-12-22(13-11-20)29-16-6-3-7-17-29)27(32)26-25(21-8-4-2-5-9-21)30(23-14-15-23)24(31)19-33-26/h2,4-5,8-13,23,25-26H,3,6-7,14-19H2,1H3/t25-,26+/m0/s1. The van der Waals surface area contributed by atoms with E-state index < -0.39 is 6.10 Å². The number of amides is 2. The number of carbonyl (C=O) groups excluding carboxylic acids is 2. The molecule has 174 valence electrons.